The van der Waals surface area contributed by atoms with Crippen LogP contribution >= 0.6 is 0 Å². The minimum Gasteiger partial charge on any atom is -0.238 e. The van der Waals surface area contributed by atoms with Gasteiger partial charge in [0.2, 0.25) is 6.20 Å². The second kappa shape index (κ2) is 3.71. The molecule has 20 heavy (non-hydrogen) atoms. The van der Waals surface area contributed by atoms with Crippen LogP contribution in [0.4, 0.5) is 5.69 Å². The molecule has 0 spiro atoms. The van der Waals surface area contributed by atoms with E-state index in [1.807, 2.05) is 18.2 Å². The van der Waals surface area contributed by atoms with Crippen LogP contribution in [0, 0.1) is 20.4 Å². The second-order valence-corrected chi connectivity index (χ2v) is 5.42. The maximum atomic E-state index is 7.20. The van der Waals surface area contributed by atoms with Crippen molar-refractivity contribution in [3.63, 3.8) is 0 Å². The van der Waals surface area contributed by atoms with E-state index in [0.29, 0.717) is 5.69 Å². The zero-order valence-electron chi connectivity index (χ0n) is 11.5. The molecule has 0 N–H and O–H groups in total. The molecule has 96 valence electrons. The Morgan fingerprint density at radius 2 is 1.95 bits per heavy atom. The van der Waals surface area contributed by atoms with Crippen LogP contribution in [0.2, 0.25) is 0 Å². The summed E-state index contributed by atoms with van der Waals surface area (Å²) in [6.07, 6.45) is 2.17. The van der Waals surface area contributed by atoms with Crippen molar-refractivity contribution in [1.82, 2.24) is 4.68 Å². The Bertz CT molecular complexity index is 910. The number of benzene rings is 2. The van der Waals surface area contributed by atoms with Crippen LogP contribution in [-0.4, -0.2) is 4.68 Å². The molecule has 3 aromatic rings. The van der Waals surface area contributed by atoms with Crippen LogP contribution < -0.4 is 4.68 Å². The normalized spacial score (nSPS) is 12.2. The van der Waals surface area contributed by atoms with E-state index in [2.05, 4.69) is 46.4 Å². The molecule has 3 nitrogen and oxygen atoms in total. The number of hydrogen-bond donors (Lipinski definition) is 0. The lowest BCUT2D eigenvalue weighted by Crippen LogP contribution is -2.36. The first kappa shape index (κ1) is 11.2. The van der Waals surface area contributed by atoms with E-state index >= 15 is 0 Å². The number of hydrogen-bond acceptors (Lipinski definition) is 0. The predicted molar refractivity (Wildman–Crippen MR) is 78.3 cm³/mol. The van der Waals surface area contributed by atoms with Gasteiger partial charge in [-0.05, 0) is 31.0 Å². The Morgan fingerprint density at radius 1 is 1.15 bits per heavy atom. The number of aryl methyl sites for hydroxylation is 2. The van der Waals surface area contributed by atoms with Crippen molar-refractivity contribution in [2.24, 2.45) is 0 Å². The van der Waals surface area contributed by atoms with Crippen LogP contribution in [-0.2, 0) is 6.54 Å². The largest absolute Gasteiger partial charge is 0.238 e. The molecule has 0 atom stereocenters. The maximum Gasteiger partial charge on any atom is 0.204 e. The van der Waals surface area contributed by atoms with E-state index in [-0.39, 0.29) is 0 Å². The summed E-state index contributed by atoms with van der Waals surface area (Å²) in [4.78, 5) is 3.55. The number of fused-ring (bicyclic) bond motifs is 5. The Hall–Kier alpha value is -2.60. The average molecular weight is 260 g/mol. The lowest BCUT2D eigenvalue weighted by Gasteiger charge is -2.05. The quantitative estimate of drug-likeness (QED) is 0.339. The third-order valence-corrected chi connectivity index (χ3v) is 4.17. The highest BCUT2D eigenvalue weighted by Gasteiger charge is 2.30. The Kier molecular flexibility index (Phi) is 2.08. The highest BCUT2D eigenvalue weighted by Crippen LogP contribution is 2.31. The van der Waals surface area contributed by atoms with Crippen molar-refractivity contribution < 1.29 is 4.68 Å². The summed E-state index contributed by atoms with van der Waals surface area (Å²) in [5, 5.41) is 1.18. The SMILES string of the molecule is [C-]#[N+]c1ccc2c[n+]3n(c2c1)-c1c(C)ccc(C)c1C3. The number of nitrogens with zero attached hydrogens (tertiary/aromatic N) is 3. The molecule has 4 rings (SSSR count). The molecule has 0 fully saturated rings. The molecule has 0 radical (unpaired) electrons. The third-order valence-electron chi connectivity index (χ3n) is 4.17. The summed E-state index contributed by atoms with van der Waals surface area (Å²) in [6.45, 7) is 12.4. The summed E-state index contributed by atoms with van der Waals surface area (Å²) in [7, 11) is 0. The van der Waals surface area contributed by atoms with Crippen molar-refractivity contribution >= 4 is 16.6 Å². The summed E-state index contributed by atoms with van der Waals surface area (Å²) in [5.41, 5.74) is 7.09. The molecule has 1 aromatic heterocycles. The summed E-state index contributed by atoms with van der Waals surface area (Å²) >= 11 is 0. The lowest BCUT2D eigenvalue weighted by molar-refractivity contribution is -0.749. The van der Waals surface area contributed by atoms with Gasteiger partial charge in [0.25, 0.3) is 0 Å². The van der Waals surface area contributed by atoms with Gasteiger partial charge in [-0.25, -0.2) is 4.85 Å². The predicted octanol–water partition coefficient (Wildman–Crippen LogP) is 3.45. The van der Waals surface area contributed by atoms with Crippen molar-refractivity contribution in [3.8, 4) is 5.69 Å². The molecule has 2 aromatic carbocycles. The molecule has 0 amide bonds. The average Bonchev–Trinajstić information content (AvgIpc) is 2.98. The van der Waals surface area contributed by atoms with Gasteiger partial charge in [-0.1, -0.05) is 24.3 Å². The Morgan fingerprint density at radius 3 is 2.75 bits per heavy atom. The molecule has 0 bridgehead atoms. The zero-order valence-corrected chi connectivity index (χ0v) is 11.5. The van der Waals surface area contributed by atoms with E-state index in [4.69, 9.17) is 6.57 Å². The summed E-state index contributed by atoms with van der Waals surface area (Å²) in [6, 6.07) is 10.3. The van der Waals surface area contributed by atoms with Crippen LogP contribution in [0.3, 0.4) is 0 Å². The van der Waals surface area contributed by atoms with Gasteiger partial charge >= 0.3 is 0 Å². The first-order valence-electron chi connectivity index (χ1n) is 6.71. The monoisotopic (exact) mass is 260 g/mol. The molecular formula is C17H14N3+. The molecule has 2 heterocycles. The van der Waals surface area contributed by atoms with E-state index < -0.39 is 0 Å². The van der Waals surface area contributed by atoms with Crippen LogP contribution in [0.15, 0.2) is 36.5 Å². The molecule has 0 saturated carbocycles. The van der Waals surface area contributed by atoms with Gasteiger partial charge in [0, 0.05) is 0 Å². The van der Waals surface area contributed by atoms with Gasteiger partial charge in [-0.2, -0.15) is 0 Å². The molecule has 0 unspecified atom stereocenters. The fraction of sp³-hybridized carbons (Fsp3) is 0.176. The number of aromatic nitrogens is 2. The standard InChI is InChI=1S/C17H14N3/c1-11-4-5-12(2)17-15(11)10-19-9-13-6-7-14(18-3)8-16(13)20(17)19/h4-9H,10H2,1-2H3/q+1. The van der Waals surface area contributed by atoms with Crippen LogP contribution in [0.1, 0.15) is 16.7 Å². The van der Waals surface area contributed by atoms with E-state index in [1.165, 1.54) is 27.8 Å². The highest BCUT2D eigenvalue weighted by atomic mass is 15.4. The fourth-order valence-electron chi connectivity index (χ4n) is 3.13. The summed E-state index contributed by atoms with van der Waals surface area (Å²) in [5.74, 6) is 0. The number of rotatable bonds is 0. The Labute approximate surface area is 117 Å². The topological polar surface area (TPSA) is 13.2 Å². The first-order chi connectivity index (χ1) is 9.69. The minimum atomic E-state index is 0.692. The highest BCUT2D eigenvalue weighted by molar-refractivity contribution is 5.83. The van der Waals surface area contributed by atoms with Gasteiger partial charge in [-0.15, -0.1) is 9.36 Å². The van der Waals surface area contributed by atoms with Gasteiger partial charge < -0.3 is 0 Å². The van der Waals surface area contributed by atoms with Crippen molar-refractivity contribution in [3.05, 3.63) is 64.6 Å². The van der Waals surface area contributed by atoms with Crippen molar-refractivity contribution in [2.45, 2.75) is 20.4 Å². The van der Waals surface area contributed by atoms with E-state index in [0.717, 1.165) is 12.1 Å². The molecule has 0 aliphatic carbocycles. The van der Waals surface area contributed by atoms with Gasteiger partial charge in [0.05, 0.1) is 17.5 Å². The van der Waals surface area contributed by atoms with Gasteiger partial charge in [-0.3, -0.25) is 0 Å². The van der Waals surface area contributed by atoms with Gasteiger partial charge in [0.15, 0.2) is 12.2 Å². The maximum absolute atomic E-state index is 7.20. The van der Waals surface area contributed by atoms with Crippen molar-refractivity contribution in [1.29, 1.82) is 0 Å². The summed E-state index contributed by atoms with van der Waals surface area (Å²) < 4.78 is 4.49. The molecule has 1 aliphatic heterocycles. The third kappa shape index (κ3) is 1.31. The zero-order chi connectivity index (χ0) is 13.9. The fourth-order valence-corrected chi connectivity index (χ4v) is 3.13. The molecule has 0 saturated heterocycles. The van der Waals surface area contributed by atoms with E-state index in [1.54, 1.807) is 0 Å². The minimum absolute atomic E-state index is 0.692. The Balaban J connectivity index is 2.13. The van der Waals surface area contributed by atoms with Crippen LogP contribution in [0.5, 0.6) is 0 Å². The lowest BCUT2D eigenvalue weighted by atomic mass is 10.0. The first-order valence-corrected chi connectivity index (χ1v) is 6.71. The van der Waals surface area contributed by atoms with E-state index in [9.17, 15) is 0 Å². The van der Waals surface area contributed by atoms with Gasteiger partial charge in [0.1, 0.15) is 11.2 Å². The van der Waals surface area contributed by atoms with Crippen LogP contribution in [0.25, 0.3) is 21.4 Å². The second-order valence-electron chi connectivity index (χ2n) is 5.42. The molecular weight excluding hydrogens is 246 g/mol. The molecule has 1 aliphatic rings. The molecule has 3 heteroatoms. The smallest absolute Gasteiger partial charge is 0.204 e. The van der Waals surface area contributed by atoms with Crippen molar-refractivity contribution in [2.75, 3.05) is 0 Å².